The summed E-state index contributed by atoms with van der Waals surface area (Å²) < 4.78 is 4.91. The molecule has 0 spiro atoms. The predicted molar refractivity (Wildman–Crippen MR) is 109 cm³/mol. The number of fused-ring (bicyclic) bond motifs is 1. The third-order valence-corrected chi connectivity index (χ3v) is 7.77. The Kier molecular flexibility index (Phi) is 6.77. The first-order valence-electron chi connectivity index (χ1n) is 8.60. The van der Waals surface area contributed by atoms with E-state index in [2.05, 4.69) is 37.2 Å². The van der Waals surface area contributed by atoms with Gasteiger partial charge in [0.2, 0.25) is 11.8 Å². The average molecular weight is 537 g/mol. The standard InChI is InChI=1S/C18H17Br2ClN2O5/c19-13-5-11-12(6-14(13)20)18(27)23(17(11)26)7-16(25)28-8-15(24)22-10-3-1-9(21)2-4-10/h1-4,11-14H,5-8H2,(H,22,24)/t11-,12+,13+,14-. The minimum absolute atomic E-state index is 0.0916. The van der Waals surface area contributed by atoms with Gasteiger partial charge in [-0.2, -0.15) is 0 Å². The summed E-state index contributed by atoms with van der Waals surface area (Å²) in [7, 11) is 0. The zero-order valence-electron chi connectivity index (χ0n) is 14.6. The second kappa shape index (κ2) is 8.92. The summed E-state index contributed by atoms with van der Waals surface area (Å²) in [6.07, 6.45) is 1.06. The van der Waals surface area contributed by atoms with E-state index in [1.54, 1.807) is 24.3 Å². The Balaban J connectivity index is 1.50. The van der Waals surface area contributed by atoms with Gasteiger partial charge in [0.1, 0.15) is 6.54 Å². The number of likely N-dealkylation sites (tertiary alicyclic amines) is 1. The Labute approximate surface area is 183 Å². The van der Waals surface area contributed by atoms with E-state index in [9.17, 15) is 19.2 Å². The second-order valence-corrected chi connectivity index (χ2v) is 9.48. The molecule has 2 fully saturated rings. The van der Waals surface area contributed by atoms with E-state index in [1.165, 1.54) is 0 Å². The zero-order valence-corrected chi connectivity index (χ0v) is 18.5. The second-order valence-electron chi connectivity index (χ2n) is 6.69. The molecule has 0 bridgehead atoms. The molecule has 1 aromatic rings. The summed E-state index contributed by atoms with van der Waals surface area (Å²) >= 11 is 12.8. The molecule has 1 aliphatic heterocycles. The number of nitrogens with one attached hydrogen (secondary N) is 1. The third kappa shape index (κ3) is 4.75. The number of benzene rings is 1. The van der Waals surface area contributed by atoms with Crippen molar-refractivity contribution in [2.75, 3.05) is 18.5 Å². The number of hydrogen-bond donors (Lipinski definition) is 1. The van der Waals surface area contributed by atoms with Crippen LogP contribution in [-0.4, -0.2) is 51.4 Å². The lowest BCUT2D eigenvalue weighted by atomic mass is 9.81. The number of imide groups is 1. The minimum Gasteiger partial charge on any atom is -0.454 e. The Morgan fingerprint density at radius 1 is 1.07 bits per heavy atom. The number of nitrogens with zero attached hydrogens (tertiary/aromatic N) is 1. The number of carbonyl (C=O) groups is 4. The first-order valence-corrected chi connectivity index (χ1v) is 10.8. The van der Waals surface area contributed by atoms with Gasteiger partial charge in [0.15, 0.2) is 6.61 Å². The van der Waals surface area contributed by atoms with Gasteiger partial charge in [-0.05, 0) is 37.1 Å². The quantitative estimate of drug-likeness (QED) is 0.355. The number of carbonyl (C=O) groups excluding carboxylic acids is 4. The summed E-state index contributed by atoms with van der Waals surface area (Å²) in [5.74, 6) is -2.91. The van der Waals surface area contributed by atoms with Crippen molar-refractivity contribution in [3.8, 4) is 0 Å². The number of rotatable bonds is 5. The third-order valence-electron chi connectivity index (χ3n) is 4.78. The SMILES string of the molecule is O=C(COC(=O)CN1C(=O)[C@H]2C[C@@H](Br)[C@@H](Br)C[C@H]2C1=O)Nc1ccc(Cl)cc1. The van der Waals surface area contributed by atoms with E-state index in [-0.39, 0.29) is 21.5 Å². The number of esters is 1. The summed E-state index contributed by atoms with van der Waals surface area (Å²) in [6.45, 7) is -1.00. The highest BCUT2D eigenvalue weighted by atomic mass is 79.9. The van der Waals surface area contributed by atoms with Gasteiger partial charge in [-0.15, -0.1) is 0 Å². The topological polar surface area (TPSA) is 92.8 Å². The van der Waals surface area contributed by atoms with Gasteiger partial charge in [-0.3, -0.25) is 24.1 Å². The predicted octanol–water partition coefficient (Wildman–Crippen LogP) is 2.74. The molecule has 1 saturated heterocycles. The Hall–Kier alpha value is -1.45. The van der Waals surface area contributed by atoms with Gasteiger partial charge in [-0.1, -0.05) is 43.5 Å². The lowest BCUT2D eigenvalue weighted by molar-refractivity contribution is -0.154. The van der Waals surface area contributed by atoms with Crippen LogP contribution in [0.4, 0.5) is 5.69 Å². The molecule has 0 aromatic heterocycles. The van der Waals surface area contributed by atoms with Crippen LogP contribution >= 0.6 is 43.5 Å². The van der Waals surface area contributed by atoms with Crippen LogP contribution in [-0.2, 0) is 23.9 Å². The van der Waals surface area contributed by atoms with E-state index in [1.807, 2.05) is 0 Å². The van der Waals surface area contributed by atoms with Crippen molar-refractivity contribution in [3.05, 3.63) is 29.3 Å². The average Bonchev–Trinajstić information content (AvgIpc) is 2.87. The Morgan fingerprint density at radius 2 is 1.61 bits per heavy atom. The molecule has 2 aliphatic rings. The lowest BCUT2D eigenvalue weighted by Gasteiger charge is -2.29. The molecule has 10 heteroatoms. The van der Waals surface area contributed by atoms with Crippen molar-refractivity contribution in [3.63, 3.8) is 0 Å². The van der Waals surface area contributed by atoms with Crippen molar-refractivity contribution >= 4 is 72.8 Å². The first-order chi connectivity index (χ1) is 13.3. The van der Waals surface area contributed by atoms with Gasteiger partial charge in [0.25, 0.3) is 5.91 Å². The maximum atomic E-state index is 12.5. The molecular formula is C18H17Br2ClN2O5. The fraction of sp³-hybridized carbons (Fsp3) is 0.444. The van der Waals surface area contributed by atoms with Crippen LogP contribution in [0.5, 0.6) is 0 Å². The van der Waals surface area contributed by atoms with Gasteiger partial charge in [-0.25, -0.2) is 0 Å². The summed E-state index contributed by atoms with van der Waals surface area (Å²) in [5, 5.41) is 3.08. The van der Waals surface area contributed by atoms with Crippen molar-refractivity contribution in [1.82, 2.24) is 4.90 Å². The molecule has 0 radical (unpaired) electrons. The maximum Gasteiger partial charge on any atom is 0.326 e. The molecule has 1 heterocycles. The zero-order chi connectivity index (χ0) is 20.4. The highest BCUT2D eigenvalue weighted by Crippen LogP contribution is 2.43. The van der Waals surface area contributed by atoms with E-state index >= 15 is 0 Å². The lowest BCUT2D eigenvalue weighted by Crippen LogP contribution is -2.37. The summed E-state index contributed by atoms with van der Waals surface area (Å²) in [4.78, 5) is 50.1. The Morgan fingerprint density at radius 3 is 2.14 bits per heavy atom. The highest BCUT2D eigenvalue weighted by Gasteiger charge is 2.52. The molecule has 150 valence electrons. The van der Waals surface area contributed by atoms with E-state index < -0.39 is 36.9 Å². The van der Waals surface area contributed by atoms with Crippen molar-refractivity contribution in [1.29, 1.82) is 0 Å². The van der Waals surface area contributed by atoms with E-state index in [0.29, 0.717) is 23.6 Å². The molecule has 4 atom stereocenters. The fourth-order valence-electron chi connectivity index (χ4n) is 3.37. The molecule has 1 aromatic carbocycles. The van der Waals surface area contributed by atoms with Crippen LogP contribution in [0.15, 0.2) is 24.3 Å². The molecule has 3 amide bonds. The molecule has 3 rings (SSSR count). The van der Waals surface area contributed by atoms with Crippen LogP contribution in [0.25, 0.3) is 0 Å². The van der Waals surface area contributed by atoms with Crippen LogP contribution in [0, 0.1) is 11.8 Å². The number of hydrogen-bond acceptors (Lipinski definition) is 5. The summed E-state index contributed by atoms with van der Waals surface area (Å²) in [5.41, 5.74) is 0.507. The van der Waals surface area contributed by atoms with Crippen LogP contribution in [0.1, 0.15) is 12.8 Å². The monoisotopic (exact) mass is 534 g/mol. The minimum atomic E-state index is -0.808. The number of ether oxygens (including phenoxy) is 1. The largest absolute Gasteiger partial charge is 0.454 e. The van der Waals surface area contributed by atoms with Crippen molar-refractivity contribution < 1.29 is 23.9 Å². The molecule has 1 aliphatic carbocycles. The molecule has 28 heavy (non-hydrogen) atoms. The van der Waals surface area contributed by atoms with Gasteiger partial charge in [0, 0.05) is 20.4 Å². The van der Waals surface area contributed by atoms with Crippen molar-refractivity contribution in [2.45, 2.75) is 22.5 Å². The number of alkyl halides is 2. The van der Waals surface area contributed by atoms with Gasteiger partial charge < -0.3 is 10.1 Å². The van der Waals surface area contributed by atoms with Crippen LogP contribution < -0.4 is 5.32 Å². The van der Waals surface area contributed by atoms with Crippen LogP contribution in [0.3, 0.4) is 0 Å². The Bertz CT molecular complexity index is 776. The number of anilines is 1. The smallest absolute Gasteiger partial charge is 0.326 e. The van der Waals surface area contributed by atoms with E-state index in [4.69, 9.17) is 16.3 Å². The fourth-order valence-corrected chi connectivity index (χ4v) is 4.73. The van der Waals surface area contributed by atoms with Gasteiger partial charge >= 0.3 is 5.97 Å². The molecular weight excluding hydrogens is 519 g/mol. The van der Waals surface area contributed by atoms with E-state index in [0.717, 1.165) is 4.90 Å². The molecule has 1 saturated carbocycles. The van der Waals surface area contributed by atoms with Crippen molar-refractivity contribution in [2.24, 2.45) is 11.8 Å². The molecule has 1 N–H and O–H groups in total. The summed E-state index contributed by atoms with van der Waals surface area (Å²) in [6, 6.07) is 6.45. The maximum absolute atomic E-state index is 12.5. The van der Waals surface area contributed by atoms with Gasteiger partial charge in [0.05, 0.1) is 11.8 Å². The first kappa shape index (κ1) is 21.3. The highest BCUT2D eigenvalue weighted by molar-refractivity contribution is 9.12. The molecule has 0 unspecified atom stereocenters. The number of amides is 3. The number of halogens is 3. The molecule has 7 nitrogen and oxygen atoms in total. The normalized spacial score (nSPS) is 26.8. The van der Waals surface area contributed by atoms with Crippen LogP contribution in [0.2, 0.25) is 5.02 Å².